The first-order valence-electron chi connectivity index (χ1n) is 8.28. The summed E-state index contributed by atoms with van der Waals surface area (Å²) >= 11 is 0. The molecule has 0 saturated carbocycles. The van der Waals surface area contributed by atoms with E-state index in [4.69, 9.17) is 0 Å². The Hall–Kier alpha value is -2.66. The fourth-order valence-corrected chi connectivity index (χ4v) is 2.53. The van der Waals surface area contributed by atoms with Gasteiger partial charge in [-0.3, -0.25) is 4.79 Å². The Morgan fingerprint density at radius 3 is 2.36 bits per heavy atom. The van der Waals surface area contributed by atoms with Crippen molar-refractivity contribution in [2.75, 3.05) is 6.54 Å². The maximum absolute atomic E-state index is 12.0. The van der Waals surface area contributed by atoms with E-state index in [1.165, 1.54) is 0 Å². The van der Waals surface area contributed by atoms with E-state index in [9.17, 15) is 14.7 Å². The molecule has 1 atom stereocenters. The molecule has 2 aromatic carbocycles. The fourth-order valence-electron chi connectivity index (χ4n) is 2.53. The van der Waals surface area contributed by atoms with Crippen LogP contribution in [0.25, 0.3) is 0 Å². The van der Waals surface area contributed by atoms with Gasteiger partial charge in [-0.25, -0.2) is 4.79 Å². The summed E-state index contributed by atoms with van der Waals surface area (Å²) in [4.78, 5) is 23.5. The molecule has 25 heavy (non-hydrogen) atoms. The summed E-state index contributed by atoms with van der Waals surface area (Å²) in [6.07, 6.45) is 0.265. The molecule has 0 fully saturated rings. The number of aliphatic carboxylic acids is 1. The lowest BCUT2D eigenvalue weighted by molar-refractivity contribution is -0.141. The molecule has 132 valence electrons. The van der Waals surface area contributed by atoms with Gasteiger partial charge in [-0.1, -0.05) is 48.5 Å². The molecule has 0 aliphatic rings. The number of nitrogens with one attached hydrogen (secondary N) is 2. The van der Waals surface area contributed by atoms with Crippen LogP contribution in [0.1, 0.15) is 22.3 Å². The summed E-state index contributed by atoms with van der Waals surface area (Å²) in [5.41, 5.74) is 4.23. The fraction of sp³-hybridized carbons (Fsp3) is 0.300. The number of carboxylic acid groups (broad SMARTS) is 1. The number of hydrogen-bond acceptors (Lipinski definition) is 3. The third kappa shape index (κ3) is 6.04. The van der Waals surface area contributed by atoms with Crippen molar-refractivity contribution in [3.8, 4) is 0 Å². The molecule has 0 radical (unpaired) electrons. The van der Waals surface area contributed by atoms with Crippen molar-refractivity contribution in [2.24, 2.45) is 0 Å². The minimum absolute atomic E-state index is 0.0750. The topological polar surface area (TPSA) is 78.4 Å². The molecule has 0 aliphatic heterocycles. The normalized spacial score (nSPS) is 11.8. The lowest BCUT2D eigenvalue weighted by Crippen LogP contribution is -2.45. The molecular formula is C20H24N2O3. The summed E-state index contributed by atoms with van der Waals surface area (Å²) in [5.74, 6) is -1.36. The van der Waals surface area contributed by atoms with Crippen LogP contribution in [0.15, 0.2) is 48.5 Å². The highest BCUT2D eigenvalue weighted by Crippen LogP contribution is 2.11. The Balaban J connectivity index is 1.86. The molecule has 0 saturated heterocycles. The van der Waals surface area contributed by atoms with Gasteiger partial charge in [0.2, 0.25) is 5.91 Å². The number of aryl methyl sites for hydroxylation is 2. The standard InChI is InChI=1S/C20H24N2O3/c1-14-8-9-17(10-15(14)2)11-18(20(24)25)22-19(23)13-21-12-16-6-4-3-5-7-16/h3-10,18,21H,11-13H2,1-2H3,(H,22,23)(H,24,25)/t18-/m1/s1. The van der Waals surface area contributed by atoms with Gasteiger partial charge in [-0.15, -0.1) is 0 Å². The SMILES string of the molecule is Cc1ccc(C[C@@H](NC(=O)CNCc2ccccc2)C(=O)O)cc1C. The van der Waals surface area contributed by atoms with Crippen molar-refractivity contribution in [2.45, 2.75) is 32.9 Å². The van der Waals surface area contributed by atoms with Crippen molar-refractivity contribution >= 4 is 11.9 Å². The number of rotatable bonds is 8. The van der Waals surface area contributed by atoms with Gasteiger partial charge < -0.3 is 15.7 Å². The van der Waals surface area contributed by atoms with Crippen molar-refractivity contribution in [3.05, 3.63) is 70.8 Å². The third-order valence-electron chi connectivity index (χ3n) is 4.10. The first-order chi connectivity index (χ1) is 12.0. The Labute approximate surface area is 148 Å². The Morgan fingerprint density at radius 2 is 1.72 bits per heavy atom. The second kappa shape index (κ2) is 8.99. The lowest BCUT2D eigenvalue weighted by atomic mass is 10.0. The quantitative estimate of drug-likeness (QED) is 0.688. The molecule has 5 nitrogen and oxygen atoms in total. The predicted molar refractivity (Wildman–Crippen MR) is 97.3 cm³/mol. The van der Waals surface area contributed by atoms with Crippen molar-refractivity contribution < 1.29 is 14.7 Å². The van der Waals surface area contributed by atoms with Gasteiger partial charge in [0, 0.05) is 13.0 Å². The van der Waals surface area contributed by atoms with E-state index in [1.54, 1.807) is 0 Å². The summed E-state index contributed by atoms with van der Waals surface area (Å²) in [7, 11) is 0. The van der Waals surface area contributed by atoms with Crippen LogP contribution in [-0.4, -0.2) is 29.6 Å². The van der Waals surface area contributed by atoms with Crippen LogP contribution < -0.4 is 10.6 Å². The first-order valence-corrected chi connectivity index (χ1v) is 8.28. The van der Waals surface area contributed by atoms with Crippen LogP contribution in [0.4, 0.5) is 0 Å². The zero-order valence-corrected chi connectivity index (χ0v) is 14.6. The highest BCUT2D eigenvalue weighted by Gasteiger charge is 2.20. The van der Waals surface area contributed by atoms with E-state index in [0.29, 0.717) is 6.54 Å². The molecule has 1 amide bonds. The van der Waals surface area contributed by atoms with E-state index in [1.807, 2.05) is 62.4 Å². The van der Waals surface area contributed by atoms with Gasteiger partial charge in [0.25, 0.3) is 0 Å². The van der Waals surface area contributed by atoms with Crippen LogP contribution in [0.5, 0.6) is 0 Å². The zero-order chi connectivity index (χ0) is 18.2. The van der Waals surface area contributed by atoms with Crippen LogP contribution >= 0.6 is 0 Å². The third-order valence-corrected chi connectivity index (χ3v) is 4.10. The number of carbonyl (C=O) groups is 2. The maximum Gasteiger partial charge on any atom is 0.326 e. The van der Waals surface area contributed by atoms with Crippen molar-refractivity contribution in [1.29, 1.82) is 0 Å². The van der Waals surface area contributed by atoms with Crippen molar-refractivity contribution in [1.82, 2.24) is 10.6 Å². The molecule has 5 heteroatoms. The van der Waals surface area contributed by atoms with E-state index in [-0.39, 0.29) is 18.9 Å². The minimum atomic E-state index is -1.03. The zero-order valence-electron chi connectivity index (χ0n) is 14.6. The van der Waals surface area contributed by atoms with Gasteiger partial charge in [-0.2, -0.15) is 0 Å². The largest absolute Gasteiger partial charge is 0.480 e. The average molecular weight is 340 g/mol. The number of carbonyl (C=O) groups excluding carboxylic acids is 1. The van der Waals surface area contributed by atoms with Gasteiger partial charge in [-0.05, 0) is 36.1 Å². The molecule has 0 spiro atoms. The number of amides is 1. The second-order valence-electron chi connectivity index (χ2n) is 6.17. The van der Waals surface area contributed by atoms with Gasteiger partial charge >= 0.3 is 5.97 Å². The molecule has 2 rings (SSSR count). The van der Waals surface area contributed by atoms with E-state index in [2.05, 4.69) is 10.6 Å². The molecule has 0 bridgehead atoms. The van der Waals surface area contributed by atoms with Gasteiger partial charge in [0.15, 0.2) is 0 Å². The first kappa shape index (κ1) is 18.7. The summed E-state index contributed by atoms with van der Waals surface area (Å²) < 4.78 is 0. The summed E-state index contributed by atoms with van der Waals surface area (Å²) in [6.45, 7) is 4.63. The van der Waals surface area contributed by atoms with Crippen LogP contribution in [-0.2, 0) is 22.6 Å². The molecule has 0 unspecified atom stereocenters. The molecule has 0 heterocycles. The lowest BCUT2D eigenvalue weighted by Gasteiger charge is -2.16. The van der Waals surface area contributed by atoms with E-state index in [0.717, 1.165) is 22.3 Å². The highest BCUT2D eigenvalue weighted by atomic mass is 16.4. The van der Waals surface area contributed by atoms with Gasteiger partial charge in [0.05, 0.1) is 6.54 Å². The monoisotopic (exact) mass is 340 g/mol. The highest BCUT2D eigenvalue weighted by molar-refractivity contribution is 5.84. The summed E-state index contributed by atoms with van der Waals surface area (Å²) in [6, 6.07) is 14.6. The Bertz CT molecular complexity index is 729. The van der Waals surface area contributed by atoms with E-state index >= 15 is 0 Å². The number of hydrogen-bond donors (Lipinski definition) is 3. The van der Waals surface area contributed by atoms with Crippen LogP contribution in [0, 0.1) is 13.8 Å². The Kier molecular flexibility index (Phi) is 6.71. The molecule has 0 aromatic heterocycles. The number of benzene rings is 2. The molecule has 0 aliphatic carbocycles. The minimum Gasteiger partial charge on any atom is -0.480 e. The smallest absolute Gasteiger partial charge is 0.326 e. The Morgan fingerprint density at radius 1 is 1.00 bits per heavy atom. The predicted octanol–water partition coefficient (Wildman–Crippen LogP) is 2.21. The van der Waals surface area contributed by atoms with Crippen LogP contribution in [0.3, 0.4) is 0 Å². The molecule has 3 N–H and O–H groups in total. The maximum atomic E-state index is 12.0. The second-order valence-corrected chi connectivity index (χ2v) is 6.17. The van der Waals surface area contributed by atoms with E-state index < -0.39 is 12.0 Å². The average Bonchev–Trinajstić information content (AvgIpc) is 2.58. The van der Waals surface area contributed by atoms with Crippen molar-refractivity contribution in [3.63, 3.8) is 0 Å². The number of carboxylic acids is 1. The molecular weight excluding hydrogens is 316 g/mol. The van der Waals surface area contributed by atoms with Gasteiger partial charge in [0.1, 0.15) is 6.04 Å². The van der Waals surface area contributed by atoms with Crippen LogP contribution in [0.2, 0.25) is 0 Å². The molecule has 2 aromatic rings. The summed E-state index contributed by atoms with van der Waals surface area (Å²) in [5, 5.41) is 15.0.